The lowest BCUT2D eigenvalue weighted by Gasteiger charge is -2.36. The molecule has 2 aliphatic rings. The molecule has 0 N–H and O–H groups in total. The first kappa shape index (κ1) is 24.3. The Labute approximate surface area is 212 Å². The number of ether oxygens (including phenoxy) is 3. The van der Waals surface area contributed by atoms with Gasteiger partial charge in [0.15, 0.2) is 11.5 Å². The molecule has 0 spiro atoms. The normalized spacial score (nSPS) is 17.2. The van der Waals surface area contributed by atoms with E-state index in [1.807, 2.05) is 59.6 Å². The fraction of sp³-hybridized carbons (Fsp3) is 0.429. The Balaban J connectivity index is 1.39. The third kappa shape index (κ3) is 5.24. The topological polar surface area (TPSA) is 69.1 Å². The molecule has 36 heavy (non-hydrogen) atoms. The maximum absolute atomic E-state index is 13.8. The number of para-hydroxylation sites is 1. The van der Waals surface area contributed by atoms with E-state index >= 15 is 0 Å². The van der Waals surface area contributed by atoms with Crippen molar-refractivity contribution in [3.8, 4) is 28.4 Å². The lowest BCUT2D eigenvalue weighted by Crippen LogP contribution is -2.44. The van der Waals surface area contributed by atoms with E-state index in [1.54, 1.807) is 18.9 Å². The van der Waals surface area contributed by atoms with Crippen molar-refractivity contribution in [3.05, 3.63) is 60.3 Å². The second-order valence-electron chi connectivity index (χ2n) is 9.39. The van der Waals surface area contributed by atoms with Crippen LogP contribution in [0, 0.1) is 5.92 Å². The predicted octanol–water partition coefficient (Wildman–Crippen LogP) is 3.74. The fourth-order valence-corrected chi connectivity index (χ4v) is 5.08. The first-order chi connectivity index (χ1) is 17.7. The van der Waals surface area contributed by atoms with Crippen LogP contribution < -0.4 is 9.47 Å². The Kier molecular flexibility index (Phi) is 7.53. The molecule has 3 heterocycles. The maximum Gasteiger partial charge on any atom is 0.257 e. The Hall–Kier alpha value is -3.36. The molecule has 8 nitrogen and oxygen atoms in total. The highest BCUT2D eigenvalue weighted by Crippen LogP contribution is 2.34. The number of hydrogen-bond donors (Lipinski definition) is 0. The van der Waals surface area contributed by atoms with Gasteiger partial charge in [0, 0.05) is 44.5 Å². The van der Waals surface area contributed by atoms with Crippen molar-refractivity contribution in [3.63, 3.8) is 0 Å². The third-order valence-electron chi connectivity index (χ3n) is 7.14. The molecule has 5 rings (SSSR count). The average molecular weight is 491 g/mol. The molecular formula is C28H34N4O4. The van der Waals surface area contributed by atoms with Crippen molar-refractivity contribution < 1.29 is 19.0 Å². The van der Waals surface area contributed by atoms with Gasteiger partial charge in [0.05, 0.1) is 38.7 Å². The number of morpholine rings is 1. The highest BCUT2D eigenvalue weighted by molar-refractivity contribution is 6.00. The first-order valence-corrected chi connectivity index (χ1v) is 12.6. The Bertz CT molecular complexity index is 1170. The van der Waals surface area contributed by atoms with E-state index in [0.717, 1.165) is 70.0 Å². The number of aromatic nitrogens is 2. The van der Waals surface area contributed by atoms with E-state index in [9.17, 15) is 4.79 Å². The number of carbonyl (C=O) groups is 1. The summed E-state index contributed by atoms with van der Waals surface area (Å²) in [6.07, 6.45) is 3.88. The molecule has 2 aromatic carbocycles. The highest BCUT2D eigenvalue weighted by Gasteiger charge is 2.29. The van der Waals surface area contributed by atoms with Crippen LogP contribution in [0.15, 0.2) is 54.7 Å². The van der Waals surface area contributed by atoms with Gasteiger partial charge in [-0.15, -0.1) is 0 Å². The van der Waals surface area contributed by atoms with Crippen molar-refractivity contribution in [1.29, 1.82) is 0 Å². The summed E-state index contributed by atoms with van der Waals surface area (Å²) in [5.74, 6) is 1.88. The highest BCUT2D eigenvalue weighted by atomic mass is 16.5. The molecule has 0 radical (unpaired) electrons. The van der Waals surface area contributed by atoms with Gasteiger partial charge in [-0.2, -0.15) is 5.10 Å². The number of nitrogens with zero attached hydrogens (tertiary/aromatic N) is 4. The molecule has 2 saturated heterocycles. The van der Waals surface area contributed by atoms with Gasteiger partial charge in [-0.05, 0) is 49.1 Å². The van der Waals surface area contributed by atoms with Crippen molar-refractivity contribution in [2.24, 2.45) is 5.92 Å². The lowest BCUT2D eigenvalue weighted by molar-refractivity contribution is 0.0243. The molecule has 0 aliphatic carbocycles. The number of piperidine rings is 1. The predicted molar refractivity (Wildman–Crippen MR) is 138 cm³/mol. The van der Waals surface area contributed by atoms with E-state index in [0.29, 0.717) is 28.7 Å². The number of amides is 1. The zero-order valence-electron chi connectivity index (χ0n) is 21.1. The van der Waals surface area contributed by atoms with Gasteiger partial charge < -0.3 is 19.1 Å². The molecule has 2 aliphatic heterocycles. The van der Waals surface area contributed by atoms with Crippen LogP contribution in [0.2, 0.25) is 0 Å². The Morgan fingerprint density at radius 2 is 1.69 bits per heavy atom. The number of hydrogen-bond acceptors (Lipinski definition) is 6. The zero-order chi connectivity index (χ0) is 24.9. The molecule has 190 valence electrons. The minimum absolute atomic E-state index is 0.0202. The Morgan fingerprint density at radius 3 is 2.39 bits per heavy atom. The molecular weight excluding hydrogens is 456 g/mol. The van der Waals surface area contributed by atoms with Crippen molar-refractivity contribution in [2.45, 2.75) is 12.8 Å². The molecule has 0 bridgehead atoms. The minimum Gasteiger partial charge on any atom is -0.493 e. The van der Waals surface area contributed by atoms with Gasteiger partial charge in [0.2, 0.25) is 0 Å². The summed E-state index contributed by atoms with van der Waals surface area (Å²) >= 11 is 0. The Morgan fingerprint density at radius 1 is 0.972 bits per heavy atom. The summed E-state index contributed by atoms with van der Waals surface area (Å²) in [4.78, 5) is 18.3. The second kappa shape index (κ2) is 11.1. The molecule has 0 atom stereocenters. The molecule has 1 aromatic heterocycles. The van der Waals surface area contributed by atoms with Crippen molar-refractivity contribution in [1.82, 2.24) is 19.6 Å². The van der Waals surface area contributed by atoms with Crippen molar-refractivity contribution >= 4 is 5.91 Å². The van der Waals surface area contributed by atoms with Crippen LogP contribution in [0.5, 0.6) is 11.5 Å². The number of carbonyl (C=O) groups excluding carboxylic acids is 1. The zero-order valence-corrected chi connectivity index (χ0v) is 21.1. The monoisotopic (exact) mass is 490 g/mol. The summed E-state index contributed by atoms with van der Waals surface area (Å²) in [6.45, 7) is 6.27. The summed E-state index contributed by atoms with van der Waals surface area (Å²) < 4.78 is 18.2. The molecule has 0 saturated carbocycles. The van der Waals surface area contributed by atoms with E-state index in [-0.39, 0.29) is 5.91 Å². The summed E-state index contributed by atoms with van der Waals surface area (Å²) in [7, 11) is 3.22. The van der Waals surface area contributed by atoms with Crippen LogP contribution in [-0.2, 0) is 4.74 Å². The van der Waals surface area contributed by atoms with Crippen LogP contribution in [0.25, 0.3) is 16.9 Å². The number of rotatable bonds is 7. The van der Waals surface area contributed by atoms with Crippen LogP contribution in [0.3, 0.4) is 0 Å². The maximum atomic E-state index is 13.8. The number of benzene rings is 2. The van der Waals surface area contributed by atoms with Gasteiger partial charge in [-0.25, -0.2) is 4.68 Å². The smallest absolute Gasteiger partial charge is 0.257 e. The van der Waals surface area contributed by atoms with E-state index in [1.165, 1.54) is 0 Å². The SMILES string of the molecule is COc1ccc(-c2nn(-c3ccccc3)cc2C(=O)N2CCC(CN3CCOCC3)CC2)cc1OC. The van der Waals surface area contributed by atoms with Gasteiger partial charge in [-0.1, -0.05) is 18.2 Å². The fourth-order valence-electron chi connectivity index (χ4n) is 5.08. The molecule has 3 aromatic rings. The van der Waals surface area contributed by atoms with Gasteiger partial charge in [0.25, 0.3) is 5.91 Å². The number of likely N-dealkylation sites (tertiary alicyclic amines) is 1. The minimum atomic E-state index is 0.0202. The summed E-state index contributed by atoms with van der Waals surface area (Å²) in [5.41, 5.74) is 2.95. The largest absolute Gasteiger partial charge is 0.493 e. The average Bonchev–Trinajstić information content (AvgIpc) is 3.39. The van der Waals surface area contributed by atoms with E-state index in [4.69, 9.17) is 19.3 Å². The van der Waals surface area contributed by atoms with E-state index in [2.05, 4.69) is 4.90 Å². The second-order valence-corrected chi connectivity index (χ2v) is 9.39. The van der Waals surface area contributed by atoms with Crippen LogP contribution in [0.1, 0.15) is 23.2 Å². The van der Waals surface area contributed by atoms with Gasteiger partial charge in [0.1, 0.15) is 5.69 Å². The van der Waals surface area contributed by atoms with Crippen molar-refractivity contribution in [2.75, 3.05) is 60.2 Å². The quantitative estimate of drug-likeness (QED) is 0.503. The molecule has 0 unspecified atom stereocenters. The first-order valence-electron chi connectivity index (χ1n) is 12.6. The standard InChI is InChI=1S/C28H34N4O4/c1-34-25-9-8-22(18-26(25)35-2)27-24(20-32(29-27)23-6-4-3-5-7-23)28(33)31-12-10-21(11-13-31)19-30-14-16-36-17-15-30/h3-9,18,20-21H,10-17,19H2,1-2H3. The van der Waals surface area contributed by atoms with Gasteiger partial charge in [-0.3, -0.25) is 9.69 Å². The molecule has 1 amide bonds. The van der Waals surface area contributed by atoms with Crippen LogP contribution >= 0.6 is 0 Å². The lowest BCUT2D eigenvalue weighted by atomic mass is 9.95. The summed E-state index contributed by atoms with van der Waals surface area (Å²) in [5, 5.41) is 4.84. The summed E-state index contributed by atoms with van der Waals surface area (Å²) in [6, 6.07) is 15.5. The molecule has 8 heteroatoms. The number of methoxy groups -OCH3 is 2. The van der Waals surface area contributed by atoms with Crippen LogP contribution in [-0.4, -0.2) is 85.6 Å². The molecule has 2 fully saturated rings. The third-order valence-corrected chi connectivity index (χ3v) is 7.14. The van der Waals surface area contributed by atoms with Gasteiger partial charge >= 0.3 is 0 Å². The van der Waals surface area contributed by atoms with E-state index < -0.39 is 0 Å². The van der Waals surface area contributed by atoms with Crippen LogP contribution in [0.4, 0.5) is 0 Å².